The highest BCUT2D eigenvalue weighted by molar-refractivity contribution is 7.87. The standard InChI is InChI=1S/C11H20N4O2S/c1-10-4-2-3-9-15(10)18(16,17)14-6-5-11-12-7-8-13-11/h7-8,10,14H,2-6,9H2,1H3,(H,12,13). The number of hydrogen-bond donors (Lipinski definition) is 2. The SMILES string of the molecule is CC1CCCCN1S(=O)(=O)NCCc1ncc[nH]1. The van der Waals surface area contributed by atoms with Gasteiger partial charge in [0.1, 0.15) is 5.82 Å². The van der Waals surface area contributed by atoms with Gasteiger partial charge in [0.25, 0.3) is 10.2 Å². The molecule has 1 atom stereocenters. The highest BCUT2D eigenvalue weighted by atomic mass is 32.2. The predicted octanol–water partition coefficient (Wildman–Crippen LogP) is 0.661. The van der Waals surface area contributed by atoms with E-state index in [1.165, 1.54) is 0 Å². The van der Waals surface area contributed by atoms with Gasteiger partial charge in [-0.05, 0) is 19.8 Å². The average molecular weight is 272 g/mol. The van der Waals surface area contributed by atoms with E-state index in [0.29, 0.717) is 19.5 Å². The summed E-state index contributed by atoms with van der Waals surface area (Å²) in [5.41, 5.74) is 0. The van der Waals surface area contributed by atoms with Crippen LogP contribution >= 0.6 is 0 Å². The van der Waals surface area contributed by atoms with Gasteiger partial charge in [0, 0.05) is 37.9 Å². The number of hydrogen-bond acceptors (Lipinski definition) is 3. The fourth-order valence-corrected chi connectivity index (χ4v) is 3.72. The second kappa shape index (κ2) is 5.81. The van der Waals surface area contributed by atoms with Gasteiger partial charge in [-0.25, -0.2) is 9.71 Å². The summed E-state index contributed by atoms with van der Waals surface area (Å²) in [6.07, 6.45) is 6.98. The number of imidazole rings is 1. The number of nitrogens with one attached hydrogen (secondary N) is 2. The summed E-state index contributed by atoms with van der Waals surface area (Å²) in [6, 6.07) is 0.0971. The predicted molar refractivity (Wildman–Crippen MR) is 69.2 cm³/mol. The van der Waals surface area contributed by atoms with E-state index in [9.17, 15) is 8.42 Å². The molecule has 102 valence electrons. The van der Waals surface area contributed by atoms with Crippen molar-refractivity contribution in [1.82, 2.24) is 19.0 Å². The lowest BCUT2D eigenvalue weighted by atomic mass is 10.1. The zero-order valence-corrected chi connectivity index (χ0v) is 11.4. The van der Waals surface area contributed by atoms with E-state index in [-0.39, 0.29) is 6.04 Å². The second-order valence-electron chi connectivity index (χ2n) is 4.64. The lowest BCUT2D eigenvalue weighted by molar-refractivity contribution is 0.265. The molecule has 0 bridgehead atoms. The van der Waals surface area contributed by atoms with Crippen molar-refractivity contribution >= 4 is 10.2 Å². The molecule has 1 saturated heterocycles. The van der Waals surface area contributed by atoms with Gasteiger partial charge in [-0.2, -0.15) is 12.7 Å². The molecule has 1 fully saturated rings. The summed E-state index contributed by atoms with van der Waals surface area (Å²) in [5.74, 6) is 0.796. The smallest absolute Gasteiger partial charge is 0.279 e. The number of aromatic amines is 1. The molecule has 1 aliphatic heterocycles. The van der Waals surface area contributed by atoms with Gasteiger partial charge in [0.2, 0.25) is 0 Å². The van der Waals surface area contributed by atoms with Gasteiger partial charge in [-0.3, -0.25) is 0 Å². The molecule has 0 radical (unpaired) electrons. The minimum Gasteiger partial charge on any atom is -0.349 e. The number of nitrogens with zero attached hydrogens (tertiary/aromatic N) is 2. The monoisotopic (exact) mass is 272 g/mol. The summed E-state index contributed by atoms with van der Waals surface area (Å²) >= 11 is 0. The van der Waals surface area contributed by atoms with Crippen LogP contribution in [0, 0.1) is 0 Å². The first-order chi connectivity index (χ1) is 8.59. The molecule has 7 heteroatoms. The molecule has 2 rings (SSSR count). The van der Waals surface area contributed by atoms with Crippen LogP contribution in [-0.4, -0.2) is 41.8 Å². The molecule has 1 unspecified atom stereocenters. The Morgan fingerprint density at radius 3 is 3.06 bits per heavy atom. The molecular formula is C11H20N4O2S. The Labute approximate surface area is 108 Å². The lowest BCUT2D eigenvalue weighted by Crippen LogP contribution is -2.48. The van der Waals surface area contributed by atoms with E-state index in [1.54, 1.807) is 16.7 Å². The molecule has 1 aromatic rings. The van der Waals surface area contributed by atoms with Crippen molar-refractivity contribution < 1.29 is 8.42 Å². The van der Waals surface area contributed by atoms with Crippen LogP contribution < -0.4 is 4.72 Å². The second-order valence-corrected chi connectivity index (χ2v) is 6.35. The number of piperidine rings is 1. The zero-order chi connectivity index (χ0) is 13.0. The lowest BCUT2D eigenvalue weighted by Gasteiger charge is -2.32. The van der Waals surface area contributed by atoms with Crippen molar-refractivity contribution in [3.8, 4) is 0 Å². The topological polar surface area (TPSA) is 78.1 Å². The van der Waals surface area contributed by atoms with E-state index in [1.807, 2.05) is 6.92 Å². The van der Waals surface area contributed by atoms with Crippen LogP contribution in [0.4, 0.5) is 0 Å². The van der Waals surface area contributed by atoms with E-state index in [4.69, 9.17) is 0 Å². The maximum absolute atomic E-state index is 12.1. The van der Waals surface area contributed by atoms with Crippen LogP contribution in [0.2, 0.25) is 0 Å². The molecule has 6 nitrogen and oxygen atoms in total. The molecule has 1 aliphatic rings. The minimum atomic E-state index is -3.34. The third kappa shape index (κ3) is 3.30. The first-order valence-electron chi connectivity index (χ1n) is 6.34. The maximum Gasteiger partial charge on any atom is 0.279 e. The van der Waals surface area contributed by atoms with Crippen LogP contribution in [0.25, 0.3) is 0 Å². The van der Waals surface area contributed by atoms with Crippen molar-refractivity contribution in [3.05, 3.63) is 18.2 Å². The molecule has 1 aromatic heterocycles. The third-order valence-electron chi connectivity index (χ3n) is 3.25. The summed E-state index contributed by atoms with van der Waals surface area (Å²) in [5, 5.41) is 0. The summed E-state index contributed by atoms with van der Waals surface area (Å²) in [6.45, 7) is 2.96. The van der Waals surface area contributed by atoms with Crippen LogP contribution in [0.1, 0.15) is 32.0 Å². The van der Waals surface area contributed by atoms with E-state index in [0.717, 1.165) is 25.1 Å². The maximum atomic E-state index is 12.1. The molecule has 0 spiro atoms. The third-order valence-corrected chi connectivity index (χ3v) is 4.98. The van der Waals surface area contributed by atoms with Gasteiger partial charge in [-0.15, -0.1) is 0 Å². The Bertz CT molecular complexity index is 457. The Balaban J connectivity index is 1.86. The Morgan fingerprint density at radius 2 is 2.39 bits per heavy atom. The fraction of sp³-hybridized carbons (Fsp3) is 0.727. The molecule has 2 N–H and O–H groups in total. The van der Waals surface area contributed by atoms with Crippen molar-refractivity contribution in [2.75, 3.05) is 13.1 Å². The van der Waals surface area contributed by atoms with Crippen LogP contribution in [-0.2, 0) is 16.6 Å². The first-order valence-corrected chi connectivity index (χ1v) is 7.78. The van der Waals surface area contributed by atoms with Crippen LogP contribution in [0.5, 0.6) is 0 Å². The molecule has 2 heterocycles. The van der Waals surface area contributed by atoms with Crippen molar-refractivity contribution in [2.45, 2.75) is 38.6 Å². The van der Waals surface area contributed by atoms with Gasteiger partial charge >= 0.3 is 0 Å². The van der Waals surface area contributed by atoms with Gasteiger partial charge in [0.15, 0.2) is 0 Å². The first kappa shape index (κ1) is 13.5. The number of H-pyrrole nitrogens is 1. The molecule has 0 amide bonds. The van der Waals surface area contributed by atoms with Gasteiger partial charge in [0.05, 0.1) is 0 Å². The molecule has 0 aliphatic carbocycles. The molecule has 0 saturated carbocycles. The Hall–Kier alpha value is -0.920. The Kier molecular flexibility index (Phi) is 4.36. The minimum absolute atomic E-state index is 0.0971. The largest absolute Gasteiger partial charge is 0.349 e. The van der Waals surface area contributed by atoms with Crippen LogP contribution in [0.15, 0.2) is 12.4 Å². The van der Waals surface area contributed by atoms with E-state index in [2.05, 4.69) is 14.7 Å². The van der Waals surface area contributed by atoms with E-state index >= 15 is 0 Å². The Morgan fingerprint density at radius 1 is 1.56 bits per heavy atom. The normalized spacial score (nSPS) is 22.2. The quantitative estimate of drug-likeness (QED) is 0.826. The summed E-state index contributed by atoms with van der Waals surface area (Å²) < 4.78 is 28.4. The van der Waals surface area contributed by atoms with Gasteiger partial charge in [-0.1, -0.05) is 6.42 Å². The molecule has 0 aromatic carbocycles. The average Bonchev–Trinajstić information content (AvgIpc) is 2.82. The van der Waals surface area contributed by atoms with Crippen molar-refractivity contribution in [2.24, 2.45) is 0 Å². The van der Waals surface area contributed by atoms with Crippen molar-refractivity contribution in [3.63, 3.8) is 0 Å². The highest BCUT2D eigenvalue weighted by Gasteiger charge is 2.28. The summed E-state index contributed by atoms with van der Waals surface area (Å²) in [4.78, 5) is 7.01. The molecule has 18 heavy (non-hydrogen) atoms. The molecular weight excluding hydrogens is 252 g/mol. The fourth-order valence-electron chi connectivity index (χ4n) is 2.24. The number of aromatic nitrogens is 2. The highest BCUT2D eigenvalue weighted by Crippen LogP contribution is 2.18. The summed E-state index contributed by atoms with van der Waals surface area (Å²) in [7, 11) is -3.34. The number of rotatable bonds is 5. The van der Waals surface area contributed by atoms with Gasteiger partial charge < -0.3 is 4.98 Å². The van der Waals surface area contributed by atoms with Crippen LogP contribution in [0.3, 0.4) is 0 Å². The van der Waals surface area contributed by atoms with Crippen molar-refractivity contribution in [1.29, 1.82) is 0 Å². The zero-order valence-electron chi connectivity index (χ0n) is 10.6. The van der Waals surface area contributed by atoms with E-state index < -0.39 is 10.2 Å².